The van der Waals surface area contributed by atoms with E-state index in [0.29, 0.717) is 17.5 Å². The standard InChI is InChI=1S/C51H30N4OS/c1-2-12-31(13-3-1)49-52-50(54-51(53-49)39-17-6-10-20-44(39)55-42-18-8-4-14-35(42)36-15-5-9-19-43(36)55)34-22-25-37-40-28-32(23-26-45(40)56-46(37)30-34)33-24-27-48-41(29-33)38-16-7-11-21-47(38)57-48/h1-30H. The highest BCUT2D eigenvalue weighted by Gasteiger charge is 2.20. The van der Waals surface area contributed by atoms with Gasteiger partial charge in [0, 0.05) is 58.4 Å². The Hall–Kier alpha value is -7.41. The van der Waals surface area contributed by atoms with Gasteiger partial charge in [-0.05, 0) is 77.9 Å². The zero-order valence-corrected chi connectivity index (χ0v) is 31.2. The molecule has 57 heavy (non-hydrogen) atoms. The lowest BCUT2D eigenvalue weighted by Crippen LogP contribution is -2.03. The van der Waals surface area contributed by atoms with E-state index in [1.54, 1.807) is 0 Å². The first-order valence-electron chi connectivity index (χ1n) is 19.0. The van der Waals surface area contributed by atoms with Crippen LogP contribution in [-0.4, -0.2) is 19.5 Å². The number of thiophene rings is 1. The van der Waals surface area contributed by atoms with Crippen LogP contribution in [0.2, 0.25) is 0 Å². The van der Waals surface area contributed by atoms with Gasteiger partial charge in [0.15, 0.2) is 17.5 Å². The first-order chi connectivity index (χ1) is 28.2. The van der Waals surface area contributed by atoms with Crippen molar-refractivity contribution >= 4 is 75.3 Å². The molecule has 0 aliphatic rings. The van der Waals surface area contributed by atoms with Crippen molar-refractivity contribution in [2.24, 2.45) is 0 Å². The van der Waals surface area contributed by atoms with Crippen LogP contribution < -0.4 is 0 Å². The topological polar surface area (TPSA) is 56.7 Å². The lowest BCUT2D eigenvalue weighted by Gasteiger charge is -2.14. The van der Waals surface area contributed by atoms with Crippen LogP contribution in [0.1, 0.15) is 0 Å². The molecule has 5 nitrogen and oxygen atoms in total. The van der Waals surface area contributed by atoms with Crippen molar-refractivity contribution in [2.75, 3.05) is 0 Å². The predicted octanol–water partition coefficient (Wildman–Crippen LogP) is 13.9. The predicted molar refractivity (Wildman–Crippen MR) is 236 cm³/mol. The molecule has 266 valence electrons. The van der Waals surface area contributed by atoms with E-state index >= 15 is 0 Å². The van der Waals surface area contributed by atoms with Crippen LogP contribution in [0.4, 0.5) is 0 Å². The Morgan fingerprint density at radius 2 is 0.965 bits per heavy atom. The Bertz CT molecular complexity index is 3490. The fourth-order valence-electron chi connectivity index (χ4n) is 8.38. The van der Waals surface area contributed by atoms with Crippen molar-refractivity contribution in [1.29, 1.82) is 0 Å². The number of fused-ring (bicyclic) bond motifs is 9. The molecule has 0 fully saturated rings. The number of para-hydroxylation sites is 3. The lowest BCUT2D eigenvalue weighted by molar-refractivity contribution is 0.669. The van der Waals surface area contributed by atoms with Gasteiger partial charge in [0.2, 0.25) is 0 Å². The molecule has 0 amide bonds. The molecule has 0 saturated carbocycles. The van der Waals surface area contributed by atoms with E-state index in [1.165, 1.54) is 36.5 Å². The second-order valence-corrected chi connectivity index (χ2v) is 15.5. The van der Waals surface area contributed by atoms with Gasteiger partial charge in [0.25, 0.3) is 0 Å². The largest absolute Gasteiger partial charge is 0.456 e. The highest BCUT2D eigenvalue weighted by atomic mass is 32.1. The maximum absolute atomic E-state index is 6.53. The van der Waals surface area contributed by atoms with E-state index in [1.807, 2.05) is 47.7 Å². The SMILES string of the molecule is c1ccc(-c2nc(-c3ccc4c(c3)oc3ccc(-c5ccc6sc7ccccc7c6c5)cc34)nc(-c3ccccc3-n3c4ccccc4c4ccccc43)n2)cc1. The molecule has 0 radical (unpaired) electrons. The van der Waals surface area contributed by atoms with Crippen LogP contribution in [0.3, 0.4) is 0 Å². The van der Waals surface area contributed by atoms with Crippen molar-refractivity contribution in [3.8, 4) is 51.0 Å². The van der Waals surface area contributed by atoms with E-state index in [4.69, 9.17) is 19.4 Å². The average molecular weight is 747 g/mol. The summed E-state index contributed by atoms with van der Waals surface area (Å²) in [6, 6.07) is 63.8. The summed E-state index contributed by atoms with van der Waals surface area (Å²) < 4.78 is 11.5. The summed E-state index contributed by atoms with van der Waals surface area (Å²) in [7, 11) is 0. The van der Waals surface area contributed by atoms with E-state index < -0.39 is 0 Å². The minimum atomic E-state index is 0.579. The van der Waals surface area contributed by atoms with Crippen LogP contribution in [-0.2, 0) is 0 Å². The number of hydrogen-bond acceptors (Lipinski definition) is 5. The third-order valence-electron chi connectivity index (χ3n) is 11.1. The summed E-state index contributed by atoms with van der Waals surface area (Å²) >= 11 is 1.84. The summed E-state index contributed by atoms with van der Waals surface area (Å²) in [5, 5.41) is 7.12. The van der Waals surface area contributed by atoms with Gasteiger partial charge < -0.3 is 8.98 Å². The van der Waals surface area contributed by atoms with Crippen LogP contribution >= 0.6 is 11.3 Å². The monoisotopic (exact) mass is 746 g/mol. The van der Waals surface area contributed by atoms with Crippen LogP contribution in [0.25, 0.3) is 115 Å². The average Bonchev–Trinajstić information content (AvgIpc) is 3.95. The zero-order chi connectivity index (χ0) is 37.5. The van der Waals surface area contributed by atoms with Gasteiger partial charge in [-0.3, -0.25) is 0 Å². The van der Waals surface area contributed by atoms with E-state index in [2.05, 4.69) is 150 Å². The summed E-state index contributed by atoms with van der Waals surface area (Å²) in [6.07, 6.45) is 0. The highest BCUT2D eigenvalue weighted by Crippen LogP contribution is 2.40. The van der Waals surface area contributed by atoms with Gasteiger partial charge in [-0.25, -0.2) is 15.0 Å². The molecule has 0 spiro atoms. The van der Waals surface area contributed by atoms with E-state index in [-0.39, 0.29) is 0 Å². The maximum atomic E-state index is 6.53. The molecule has 4 heterocycles. The third kappa shape index (κ3) is 5.12. The number of rotatable bonds is 5. The molecule has 8 aromatic carbocycles. The molecule has 0 atom stereocenters. The molecule has 0 N–H and O–H groups in total. The fourth-order valence-corrected chi connectivity index (χ4v) is 9.47. The molecule has 0 aliphatic carbocycles. The van der Waals surface area contributed by atoms with Gasteiger partial charge in [-0.15, -0.1) is 11.3 Å². The number of aromatic nitrogens is 4. The second kappa shape index (κ2) is 12.6. The minimum Gasteiger partial charge on any atom is -0.456 e. The first kappa shape index (κ1) is 31.9. The Kier molecular flexibility index (Phi) is 7.03. The molecule has 0 unspecified atom stereocenters. The summed E-state index contributed by atoms with van der Waals surface area (Å²) in [4.78, 5) is 15.4. The molecule has 0 aliphatic heterocycles. The molecule has 12 aromatic rings. The second-order valence-electron chi connectivity index (χ2n) is 14.4. The Morgan fingerprint density at radius 1 is 0.368 bits per heavy atom. The molecular formula is C51H30N4OS. The number of furan rings is 1. The minimum absolute atomic E-state index is 0.579. The maximum Gasteiger partial charge on any atom is 0.166 e. The van der Waals surface area contributed by atoms with Crippen LogP contribution in [0.5, 0.6) is 0 Å². The Labute approximate surface area is 330 Å². The highest BCUT2D eigenvalue weighted by molar-refractivity contribution is 7.25. The Morgan fingerprint density at radius 3 is 1.77 bits per heavy atom. The molecule has 4 aromatic heterocycles. The van der Waals surface area contributed by atoms with Crippen LogP contribution in [0.15, 0.2) is 186 Å². The first-order valence-corrected chi connectivity index (χ1v) is 19.8. The summed E-state index contributed by atoms with van der Waals surface area (Å²) in [5.74, 6) is 1.79. The summed E-state index contributed by atoms with van der Waals surface area (Å²) in [6.45, 7) is 0. The zero-order valence-electron chi connectivity index (χ0n) is 30.4. The molecule has 0 saturated heterocycles. The van der Waals surface area contributed by atoms with Gasteiger partial charge in [0.05, 0.1) is 16.7 Å². The lowest BCUT2D eigenvalue weighted by atomic mass is 10.0. The molecule has 12 rings (SSSR count). The van der Waals surface area contributed by atoms with Crippen molar-refractivity contribution in [1.82, 2.24) is 19.5 Å². The molecule has 6 heteroatoms. The Balaban J connectivity index is 1.00. The van der Waals surface area contributed by atoms with Gasteiger partial charge in [-0.2, -0.15) is 0 Å². The third-order valence-corrected chi connectivity index (χ3v) is 12.2. The van der Waals surface area contributed by atoms with Gasteiger partial charge >= 0.3 is 0 Å². The van der Waals surface area contributed by atoms with Gasteiger partial charge in [0.1, 0.15) is 11.2 Å². The van der Waals surface area contributed by atoms with Crippen LogP contribution in [0, 0.1) is 0 Å². The number of nitrogens with zero attached hydrogens (tertiary/aromatic N) is 4. The van der Waals surface area contributed by atoms with Crippen molar-refractivity contribution in [2.45, 2.75) is 0 Å². The van der Waals surface area contributed by atoms with Crippen molar-refractivity contribution in [3.05, 3.63) is 182 Å². The van der Waals surface area contributed by atoms with E-state index in [0.717, 1.165) is 60.9 Å². The van der Waals surface area contributed by atoms with Gasteiger partial charge in [-0.1, -0.05) is 115 Å². The summed E-state index contributed by atoms with van der Waals surface area (Å²) in [5.41, 5.74) is 9.91. The quantitative estimate of drug-likeness (QED) is 0.176. The molecule has 0 bridgehead atoms. The smallest absolute Gasteiger partial charge is 0.166 e. The number of hydrogen-bond donors (Lipinski definition) is 0. The van der Waals surface area contributed by atoms with E-state index in [9.17, 15) is 0 Å². The van der Waals surface area contributed by atoms with Crippen molar-refractivity contribution in [3.63, 3.8) is 0 Å². The fraction of sp³-hybridized carbons (Fsp3) is 0. The van der Waals surface area contributed by atoms with Crippen molar-refractivity contribution < 1.29 is 4.42 Å². The number of benzene rings is 8. The normalized spacial score (nSPS) is 11.9. The molecular weight excluding hydrogens is 717 g/mol.